The Morgan fingerprint density at radius 3 is 2.57 bits per heavy atom. The van der Waals surface area contributed by atoms with E-state index < -0.39 is 27.6 Å². The third-order valence-electron chi connectivity index (χ3n) is 3.87. The molecule has 1 aromatic heterocycles. The van der Waals surface area contributed by atoms with Crippen LogP contribution in [0.2, 0.25) is 0 Å². The number of hydrogen-bond donors (Lipinski definition) is 1. The normalized spacial score (nSPS) is 15.4. The molecule has 0 saturated carbocycles. The number of benzene rings is 1. The standard InChI is InChI=1S/C17H17F2N3O4S2/c18-14-3-1-12(9-15(14)19)21-16(23)11-27-17-4-2-13(10-20-17)28(24,25)22-5-7-26-8-6-22/h1-4,9-10H,5-8,11H2,(H,21,23). The molecule has 1 aromatic carbocycles. The van der Waals surface area contributed by atoms with Crippen LogP contribution in [0.1, 0.15) is 0 Å². The van der Waals surface area contributed by atoms with Crippen LogP contribution in [0.25, 0.3) is 0 Å². The lowest BCUT2D eigenvalue weighted by atomic mass is 10.3. The fourth-order valence-corrected chi connectivity index (χ4v) is 4.45. The minimum Gasteiger partial charge on any atom is -0.379 e. The molecule has 2 heterocycles. The zero-order valence-corrected chi connectivity index (χ0v) is 16.2. The molecule has 150 valence electrons. The molecule has 1 N–H and O–H groups in total. The number of hydrogen-bond acceptors (Lipinski definition) is 6. The molecular formula is C17H17F2N3O4S2. The number of morpholine rings is 1. The van der Waals surface area contributed by atoms with Crippen molar-refractivity contribution in [2.75, 3.05) is 37.4 Å². The minimum absolute atomic E-state index is 0.0262. The molecule has 11 heteroatoms. The topological polar surface area (TPSA) is 88.6 Å². The number of pyridine rings is 1. The number of sulfonamides is 1. The predicted octanol–water partition coefficient (Wildman–Crippen LogP) is 2.11. The third kappa shape index (κ3) is 5.04. The Kier molecular flexibility index (Phi) is 6.60. The van der Waals surface area contributed by atoms with Gasteiger partial charge in [0.15, 0.2) is 11.6 Å². The van der Waals surface area contributed by atoms with Gasteiger partial charge in [0.2, 0.25) is 15.9 Å². The van der Waals surface area contributed by atoms with Crippen LogP contribution < -0.4 is 5.32 Å². The Morgan fingerprint density at radius 1 is 1.18 bits per heavy atom. The van der Waals surface area contributed by atoms with Crippen LogP contribution in [0.3, 0.4) is 0 Å². The van der Waals surface area contributed by atoms with Crippen LogP contribution in [-0.4, -0.2) is 55.7 Å². The van der Waals surface area contributed by atoms with Gasteiger partial charge in [0, 0.05) is 31.0 Å². The quantitative estimate of drug-likeness (QED) is 0.708. The highest BCUT2D eigenvalue weighted by Gasteiger charge is 2.26. The molecule has 1 saturated heterocycles. The summed E-state index contributed by atoms with van der Waals surface area (Å²) in [6.07, 6.45) is 1.25. The van der Waals surface area contributed by atoms with Gasteiger partial charge in [-0.15, -0.1) is 0 Å². The second-order valence-corrected chi connectivity index (χ2v) is 8.75. The van der Waals surface area contributed by atoms with Crippen molar-refractivity contribution < 1.29 is 26.7 Å². The number of thioether (sulfide) groups is 1. The Labute approximate surface area is 165 Å². The molecule has 0 aliphatic carbocycles. The number of halogens is 2. The van der Waals surface area contributed by atoms with E-state index in [1.807, 2.05) is 0 Å². The first-order chi connectivity index (χ1) is 13.4. The van der Waals surface area contributed by atoms with Gasteiger partial charge in [0.1, 0.15) is 4.90 Å². The van der Waals surface area contributed by atoms with Gasteiger partial charge in [-0.25, -0.2) is 22.2 Å². The first-order valence-electron chi connectivity index (χ1n) is 8.28. The highest BCUT2D eigenvalue weighted by molar-refractivity contribution is 7.99. The zero-order valence-electron chi connectivity index (χ0n) is 14.6. The number of aromatic nitrogens is 1. The monoisotopic (exact) mass is 429 g/mol. The molecular weight excluding hydrogens is 412 g/mol. The van der Waals surface area contributed by atoms with Crippen molar-refractivity contribution in [1.82, 2.24) is 9.29 Å². The lowest BCUT2D eigenvalue weighted by Gasteiger charge is -2.25. The molecule has 1 aliphatic heterocycles. The molecule has 1 fully saturated rings. The van der Waals surface area contributed by atoms with Gasteiger partial charge >= 0.3 is 0 Å². The minimum atomic E-state index is -3.62. The van der Waals surface area contributed by atoms with Gasteiger partial charge in [0.25, 0.3) is 0 Å². The number of nitrogens with one attached hydrogen (secondary N) is 1. The Balaban J connectivity index is 1.56. The second kappa shape index (κ2) is 8.95. The predicted molar refractivity (Wildman–Crippen MR) is 99.5 cm³/mol. The van der Waals surface area contributed by atoms with Crippen LogP contribution in [0, 0.1) is 11.6 Å². The average molecular weight is 429 g/mol. The van der Waals surface area contributed by atoms with Crippen molar-refractivity contribution >= 4 is 33.4 Å². The van der Waals surface area contributed by atoms with Gasteiger partial charge in [-0.3, -0.25) is 4.79 Å². The van der Waals surface area contributed by atoms with E-state index in [2.05, 4.69) is 10.3 Å². The first kappa shape index (κ1) is 20.6. The maximum atomic E-state index is 13.1. The average Bonchev–Trinajstić information content (AvgIpc) is 2.70. The van der Waals surface area contributed by atoms with Crippen LogP contribution in [0.15, 0.2) is 46.5 Å². The number of rotatable bonds is 6. The molecule has 3 rings (SSSR count). The summed E-state index contributed by atoms with van der Waals surface area (Å²) >= 11 is 1.09. The molecule has 2 aromatic rings. The summed E-state index contributed by atoms with van der Waals surface area (Å²) in [5, 5.41) is 2.91. The summed E-state index contributed by atoms with van der Waals surface area (Å²) < 4.78 is 57.6. The molecule has 28 heavy (non-hydrogen) atoms. The fourth-order valence-electron chi connectivity index (χ4n) is 2.45. The van der Waals surface area contributed by atoms with E-state index in [4.69, 9.17) is 4.74 Å². The van der Waals surface area contributed by atoms with Crippen molar-refractivity contribution in [3.8, 4) is 0 Å². The van der Waals surface area contributed by atoms with Crippen LogP contribution in [0.5, 0.6) is 0 Å². The number of carbonyl (C=O) groups excluding carboxylic acids is 1. The number of carbonyl (C=O) groups is 1. The van der Waals surface area contributed by atoms with Crippen molar-refractivity contribution in [2.45, 2.75) is 9.92 Å². The van der Waals surface area contributed by atoms with Crippen molar-refractivity contribution in [2.24, 2.45) is 0 Å². The fraction of sp³-hybridized carbons (Fsp3) is 0.294. The van der Waals surface area contributed by atoms with Crippen LogP contribution >= 0.6 is 11.8 Å². The summed E-state index contributed by atoms with van der Waals surface area (Å²) in [7, 11) is -3.62. The number of ether oxygens (including phenoxy) is 1. The largest absolute Gasteiger partial charge is 0.379 e. The number of nitrogens with zero attached hydrogens (tertiary/aromatic N) is 2. The third-order valence-corrected chi connectivity index (χ3v) is 6.70. The Hall–Kier alpha value is -2.08. The molecule has 0 spiro atoms. The summed E-state index contributed by atoms with van der Waals surface area (Å²) in [6, 6.07) is 6.02. The Bertz CT molecular complexity index is 949. The van der Waals surface area contributed by atoms with E-state index >= 15 is 0 Å². The molecule has 1 amide bonds. The highest BCUT2D eigenvalue weighted by Crippen LogP contribution is 2.21. The summed E-state index contributed by atoms with van der Waals surface area (Å²) in [6.45, 7) is 1.30. The molecule has 0 radical (unpaired) electrons. The van der Waals surface area contributed by atoms with Gasteiger partial charge in [0.05, 0.1) is 24.0 Å². The van der Waals surface area contributed by atoms with E-state index in [0.29, 0.717) is 31.3 Å². The van der Waals surface area contributed by atoms with Crippen LogP contribution in [-0.2, 0) is 19.6 Å². The molecule has 0 atom stereocenters. The van der Waals surface area contributed by atoms with Gasteiger partial charge in [-0.1, -0.05) is 11.8 Å². The smallest absolute Gasteiger partial charge is 0.244 e. The molecule has 7 nitrogen and oxygen atoms in total. The van der Waals surface area contributed by atoms with E-state index in [-0.39, 0.29) is 16.3 Å². The number of amides is 1. The van der Waals surface area contributed by atoms with Gasteiger partial charge in [-0.05, 0) is 24.3 Å². The SMILES string of the molecule is O=C(CSc1ccc(S(=O)(=O)N2CCOCC2)cn1)Nc1ccc(F)c(F)c1. The first-order valence-corrected chi connectivity index (χ1v) is 10.7. The summed E-state index contributed by atoms with van der Waals surface area (Å²) in [5.41, 5.74) is 0.143. The Morgan fingerprint density at radius 2 is 1.93 bits per heavy atom. The maximum Gasteiger partial charge on any atom is 0.244 e. The molecule has 1 aliphatic rings. The van der Waals surface area contributed by atoms with E-state index in [9.17, 15) is 22.0 Å². The van der Waals surface area contributed by atoms with Crippen LogP contribution in [0.4, 0.5) is 14.5 Å². The molecule has 0 unspecified atom stereocenters. The van der Waals surface area contributed by atoms with Crippen molar-refractivity contribution in [1.29, 1.82) is 0 Å². The second-order valence-electron chi connectivity index (χ2n) is 5.81. The summed E-state index contributed by atoms with van der Waals surface area (Å²) in [5.74, 6) is -2.50. The van der Waals surface area contributed by atoms with Crippen molar-refractivity contribution in [3.05, 3.63) is 48.2 Å². The van der Waals surface area contributed by atoms with E-state index in [0.717, 1.165) is 23.9 Å². The number of anilines is 1. The van der Waals surface area contributed by atoms with Crippen molar-refractivity contribution in [3.63, 3.8) is 0 Å². The maximum absolute atomic E-state index is 13.1. The highest BCUT2D eigenvalue weighted by atomic mass is 32.2. The summed E-state index contributed by atoms with van der Waals surface area (Å²) in [4.78, 5) is 16.1. The molecule has 0 bridgehead atoms. The van der Waals surface area contributed by atoms with E-state index in [1.54, 1.807) is 0 Å². The van der Waals surface area contributed by atoms with Gasteiger partial charge in [-0.2, -0.15) is 4.31 Å². The zero-order chi connectivity index (χ0) is 20.1. The lowest BCUT2D eigenvalue weighted by molar-refractivity contribution is -0.113. The van der Waals surface area contributed by atoms with E-state index in [1.165, 1.54) is 28.7 Å². The van der Waals surface area contributed by atoms with Gasteiger partial charge < -0.3 is 10.1 Å². The lowest BCUT2D eigenvalue weighted by Crippen LogP contribution is -2.40.